The Morgan fingerprint density at radius 2 is 1.65 bits per heavy atom. The highest BCUT2D eigenvalue weighted by Gasteiger charge is 2.32. The monoisotopic (exact) mass is 304 g/mol. The molecule has 1 aromatic rings. The van der Waals surface area contributed by atoms with E-state index in [2.05, 4.69) is 4.74 Å². The van der Waals surface area contributed by atoms with Crippen LogP contribution in [0.3, 0.4) is 0 Å². The maximum atomic E-state index is 11.9. The Kier molecular flexibility index (Phi) is 4.96. The molecule has 0 fully saturated rings. The van der Waals surface area contributed by atoms with Gasteiger partial charge in [0.25, 0.3) is 0 Å². The van der Waals surface area contributed by atoms with Gasteiger partial charge in [-0.25, -0.2) is 13.2 Å². The van der Waals surface area contributed by atoms with Crippen molar-refractivity contribution in [1.82, 2.24) is 0 Å². The second-order valence-electron chi connectivity index (χ2n) is 3.91. The average molecular weight is 304 g/mol. The Morgan fingerprint density at radius 3 is 2.05 bits per heavy atom. The number of carbonyl (C=O) groups is 1. The van der Waals surface area contributed by atoms with Gasteiger partial charge < -0.3 is 19.3 Å². The van der Waals surface area contributed by atoms with Crippen molar-refractivity contribution in [2.24, 2.45) is 0 Å². The zero-order valence-electron chi connectivity index (χ0n) is 11.5. The van der Waals surface area contributed by atoms with Gasteiger partial charge in [-0.2, -0.15) is 0 Å². The number of aliphatic hydroxyl groups is 1. The molecule has 8 heteroatoms. The molecule has 20 heavy (non-hydrogen) atoms. The van der Waals surface area contributed by atoms with Crippen LogP contribution in [0, 0.1) is 0 Å². The highest BCUT2D eigenvalue weighted by atomic mass is 32.2. The van der Waals surface area contributed by atoms with E-state index in [1.807, 2.05) is 0 Å². The molecule has 0 aromatic heterocycles. The molecule has 7 nitrogen and oxygen atoms in total. The van der Waals surface area contributed by atoms with Crippen molar-refractivity contribution in [3.05, 3.63) is 17.7 Å². The molecule has 1 unspecified atom stereocenters. The quantitative estimate of drug-likeness (QED) is 0.782. The number of ether oxygens (including phenoxy) is 3. The molecule has 0 amide bonds. The van der Waals surface area contributed by atoms with Crippen molar-refractivity contribution in [2.75, 3.05) is 27.6 Å². The fourth-order valence-electron chi connectivity index (χ4n) is 1.77. The van der Waals surface area contributed by atoms with E-state index >= 15 is 0 Å². The minimum atomic E-state index is -3.77. The summed E-state index contributed by atoms with van der Waals surface area (Å²) in [5.74, 6) is -0.947. The molecular formula is C12H16O7S. The molecule has 0 saturated carbocycles. The molecule has 1 N–H and O–H groups in total. The number of aliphatic hydroxyl groups excluding tert-OH is 1. The highest BCUT2D eigenvalue weighted by Crippen LogP contribution is 2.38. The number of esters is 1. The standard InChI is InChI=1S/C12H16O7S/c1-17-7-5-6-8(18-2)11(20(4,15)16)9(7)10(13)12(14)19-3/h5-6,10,13H,1-4H3. The number of methoxy groups -OCH3 is 3. The van der Waals surface area contributed by atoms with E-state index in [0.717, 1.165) is 13.4 Å². The van der Waals surface area contributed by atoms with Gasteiger partial charge in [-0.05, 0) is 12.1 Å². The summed E-state index contributed by atoms with van der Waals surface area (Å²) in [6.45, 7) is 0. The molecule has 112 valence electrons. The van der Waals surface area contributed by atoms with Gasteiger partial charge in [-0.15, -0.1) is 0 Å². The van der Waals surface area contributed by atoms with Crippen molar-refractivity contribution in [2.45, 2.75) is 11.0 Å². The van der Waals surface area contributed by atoms with Crippen LogP contribution in [0.1, 0.15) is 11.7 Å². The first-order valence-corrected chi connectivity index (χ1v) is 7.37. The first-order valence-electron chi connectivity index (χ1n) is 5.48. The number of benzene rings is 1. The second kappa shape index (κ2) is 6.10. The molecule has 0 aliphatic carbocycles. The number of hydrogen-bond donors (Lipinski definition) is 1. The molecule has 0 aliphatic heterocycles. The summed E-state index contributed by atoms with van der Waals surface area (Å²) >= 11 is 0. The highest BCUT2D eigenvalue weighted by molar-refractivity contribution is 7.90. The van der Waals surface area contributed by atoms with Gasteiger partial charge >= 0.3 is 5.97 Å². The van der Waals surface area contributed by atoms with E-state index in [1.165, 1.54) is 26.4 Å². The topological polar surface area (TPSA) is 99.1 Å². The third-order valence-corrected chi connectivity index (χ3v) is 3.79. The van der Waals surface area contributed by atoms with E-state index in [0.29, 0.717) is 0 Å². The van der Waals surface area contributed by atoms with E-state index in [1.54, 1.807) is 0 Å². The first-order chi connectivity index (χ1) is 9.27. The van der Waals surface area contributed by atoms with Gasteiger partial charge in [0.15, 0.2) is 15.9 Å². The van der Waals surface area contributed by atoms with Gasteiger partial charge in [0.2, 0.25) is 0 Å². The predicted molar refractivity (Wildman–Crippen MR) is 69.6 cm³/mol. The van der Waals surface area contributed by atoms with Gasteiger partial charge in [0, 0.05) is 6.26 Å². The molecule has 0 radical (unpaired) electrons. The maximum absolute atomic E-state index is 11.9. The molecule has 0 heterocycles. The lowest BCUT2D eigenvalue weighted by atomic mass is 10.1. The molecule has 0 saturated heterocycles. The van der Waals surface area contributed by atoms with Crippen molar-refractivity contribution < 1.29 is 32.5 Å². The lowest BCUT2D eigenvalue weighted by molar-refractivity contribution is -0.150. The smallest absolute Gasteiger partial charge is 0.339 e. The van der Waals surface area contributed by atoms with Gasteiger partial charge in [0.05, 0.1) is 26.9 Å². The second-order valence-corrected chi connectivity index (χ2v) is 5.86. The molecule has 0 bridgehead atoms. The predicted octanol–water partition coefficient (Wildman–Crippen LogP) is 0.314. The summed E-state index contributed by atoms with van der Waals surface area (Å²) in [5.41, 5.74) is -0.207. The molecular weight excluding hydrogens is 288 g/mol. The van der Waals surface area contributed by atoms with Crippen LogP contribution in [0.15, 0.2) is 17.0 Å². The van der Waals surface area contributed by atoms with Crippen LogP contribution in [-0.2, 0) is 19.4 Å². The maximum Gasteiger partial charge on any atom is 0.339 e. The summed E-state index contributed by atoms with van der Waals surface area (Å²) in [6.07, 6.45) is -0.854. The first kappa shape index (κ1) is 16.3. The zero-order valence-corrected chi connectivity index (χ0v) is 12.4. The van der Waals surface area contributed by atoms with Crippen molar-refractivity contribution in [1.29, 1.82) is 0 Å². The Morgan fingerprint density at radius 1 is 1.15 bits per heavy atom. The molecule has 1 atom stereocenters. The van der Waals surface area contributed by atoms with Crippen LogP contribution >= 0.6 is 0 Å². The van der Waals surface area contributed by atoms with Crippen molar-refractivity contribution in [3.63, 3.8) is 0 Å². The van der Waals surface area contributed by atoms with Crippen LogP contribution in [0.4, 0.5) is 0 Å². The summed E-state index contributed by atoms with van der Waals surface area (Å²) in [5, 5.41) is 9.99. The summed E-state index contributed by atoms with van der Waals surface area (Å²) < 4.78 is 38.2. The van der Waals surface area contributed by atoms with Crippen LogP contribution in [0.2, 0.25) is 0 Å². The van der Waals surface area contributed by atoms with Gasteiger partial charge in [-0.1, -0.05) is 0 Å². The Labute approximate surface area is 117 Å². The Bertz CT molecular complexity index is 606. The lowest BCUT2D eigenvalue weighted by Crippen LogP contribution is -2.18. The summed E-state index contributed by atoms with van der Waals surface area (Å²) in [7, 11) is -0.111. The fourth-order valence-corrected chi connectivity index (χ4v) is 2.90. The largest absolute Gasteiger partial charge is 0.496 e. The fraction of sp³-hybridized carbons (Fsp3) is 0.417. The third-order valence-electron chi connectivity index (χ3n) is 2.63. The normalized spacial score (nSPS) is 12.7. The Hall–Kier alpha value is -1.80. The zero-order chi connectivity index (χ0) is 15.5. The third kappa shape index (κ3) is 3.02. The van der Waals surface area contributed by atoms with Gasteiger partial charge in [-0.3, -0.25) is 0 Å². The average Bonchev–Trinajstić information content (AvgIpc) is 2.42. The number of rotatable bonds is 5. The number of carbonyl (C=O) groups excluding carboxylic acids is 1. The number of sulfone groups is 1. The molecule has 1 aromatic carbocycles. The van der Waals surface area contributed by atoms with Crippen LogP contribution < -0.4 is 9.47 Å². The molecule has 0 aliphatic rings. The molecule has 1 rings (SSSR count). The van der Waals surface area contributed by atoms with E-state index in [-0.39, 0.29) is 22.0 Å². The summed E-state index contributed by atoms with van der Waals surface area (Å²) in [6, 6.07) is 2.78. The SMILES string of the molecule is COC(=O)C(O)c1c(OC)ccc(OC)c1S(C)(=O)=O. The minimum absolute atomic E-state index is 0.00579. The van der Waals surface area contributed by atoms with E-state index in [4.69, 9.17) is 9.47 Å². The van der Waals surface area contributed by atoms with Crippen LogP contribution in [0.25, 0.3) is 0 Å². The number of hydrogen-bond acceptors (Lipinski definition) is 7. The van der Waals surface area contributed by atoms with E-state index in [9.17, 15) is 18.3 Å². The van der Waals surface area contributed by atoms with E-state index < -0.39 is 21.9 Å². The Balaban J connectivity index is 3.72. The van der Waals surface area contributed by atoms with Crippen molar-refractivity contribution >= 4 is 15.8 Å². The van der Waals surface area contributed by atoms with Crippen LogP contribution in [-0.4, -0.2) is 47.1 Å². The van der Waals surface area contributed by atoms with Crippen LogP contribution in [0.5, 0.6) is 11.5 Å². The van der Waals surface area contributed by atoms with Crippen molar-refractivity contribution in [3.8, 4) is 11.5 Å². The summed E-state index contributed by atoms with van der Waals surface area (Å²) in [4.78, 5) is 11.2. The minimum Gasteiger partial charge on any atom is -0.496 e. The van der Waals surface area contributed by atoms with Gasteiger partial charge in [0.1, 0.15) is 16.4 Å². The molecule has 0 spiro atoms. The lowest BCUT2D eigenvalue weighted by Gasteiger charge is -2.18.